The van der Waals surface area contributed by atoms with E-state index in [-0.39, 0.29) is 29.1 Å². The van der Waals surface area contributed by atoms with Gasteiger partial charge in [-0.25, -0.2) is 0 Å². The van der Waals surface area contributed by atoms with Crippen LogP contribution in [0.4, 0.5) is 0 Å². The van der Waals surface area contributed by atoms with Crippen molar-refractivity contribution in [2.45, 2.75) is 135 Å². The third-order valence-corrected chi connectivity index (χ3v) is 6.00. The van der Waals surface area contributed by atoms with E-state index in [9.17, 15) is 9.59 Å². The van der Waals surface area contributed by atoms with Crippen LogP contribution in [-0.2, 0) is 19.1 Å². The van der Waals surface area contributed by atoms with Gasteiger partial charge in [0.05, 0.1) is 0 Å². The Balaban J connectivity index is 2.12. The van der Waals surface area contributed by atoms with Gasteiger partial charge < -0.3 is 9.47 Å². The molecule has 5 heteroatoms. The number of unbranched alkanes of at least 4 members (excludes halogenated alkanes) is 5. The summed E-state index contributed by atoms with van der Waals surface area (Å²) in [7, 11) is 2.16. The SMILES string of the molecule is CN1C(C)(C)CC(OC(=O)CCCCCCCCC(=O)OC(C)(C)C)CC1(C)C. The number of nitrogens with zero attached hydrogens (tertiary/aromatic N) is 1. The molecule has 0 radical (unpaired) electrons. The lowest BCUT2D eigenvalue weighted by Gasteiger charge is -2.53. The molecule has 1 heterocycles. The molecule has 0 amide bonds. The molecule has 1 aliphatic rings. The number of rotatable bonds is 10. The molecule has 0 N–H and O–H groups in total. The highest BCUT2D eigenvalue weighted by molar-refractivity contribution is 5.70. The average molecular weight is 412 g/mol. The van der Waals surface area contributed by atoms with E-state index in [1.807, 2.05) is 20.8 Å². The molecule has 1 saturated heterocycles. The Bertz CT molecular complexity index is 515. The van der Waals surface area contributed by atoms with E-state index in [4.69, 9.17) is 9.47 Å². The maximum absolute atomic E-state index is 12.3. The van der Waals surface area contributed by atoms with Crippen LogP contribution < -0.4 is 0 Å². The van der Waals surface area contributed by atoms with Gasteiger partial charge in [0, 0.05) is 36.8 Å². The number of likely N-dealkylation sites (tertiary alicyclic amines) is 1. The van der Waals surface area contributed by atoms with Crippen LogP contribution in [0.3, 0.4) is 0 Å². The molecule has 0 aromatic rings. The summed E-state index contributed by atoms with van der Waals surface area (Å²) in [5.41, 5.74) is -0.331. The lowest BCUT2D eigenvalue weighted by atomic mass is 9.79. The Kier molecular flexibility index (Phi) is 9.65. The molecular weight excluding hydrogens is 366 g/mol. The first-order chi connectivity index (χ1) is 13.2. The molecule has 0 bridgehead atoms. The minimum absolute atomic E-state index is 0.0107. The number of hydrogen-bond acceptors (Lipinski definition) is 5. The standard InChI is InChI=1S/C24H45NO4/c1-22(2,3)29-21(27)16-14-12-10-9-11-13-15-20(26)28-19-17-23(4,5)25(8)24(6,7)18-19/h19H,9-18H2,1-8H3. The van der Waals surface area contributed by atoms with Gasteiger partial charge >= 0.3 is 11.9 Å². The fourth-order valence-corrected chi connectivity index (χ4v) is 4.25. The van der Waals surface area contributed by atoms with E-state index < -0.39 is 5.60 Å². The third kappa shape index (κ3) is 9.97. The van der Waals surface area contributed by atoms with Gasteiger partial charge in [0.15, 0.2) is 0 Å². The summed E-state index contributed by atoms with van der Waals surface area (Å²) in [5.74, 6) is -0.170. The zero-order chi connectivity index (χ0) is 22.3. The second kappa shape index (κ2) is 10.8. The van der Waals surface area contributed by atoms with E-state index in [0.717, 1.165) is 51.4 Å². The fourth-order valence-electron chi connectivity index (χ4n) is 4.25. The number of esters is 2. The first-order valence-corrected chi connectivity index (χ1v) is 11.4. The van der Waals surface area contributed by atoms with Crippen LogP contribution in [0.25, 0.3) is 0 Å². The molecule has 1 rings (SSSR count). The van der Waals surface area contributed by atoms with Gasteiger partial charge in [-0.2, -0.15) is 0 Å². The van der Waals surface area contributed by atoms with Gasteiger partial charge in [-0.15, -0.1) is 0 Å². The van der Waals surface area contributed by atoms with Crippen molar-refractivity contribution in [1.82, 2.24) is 4.90 Å². The molecule has 0 unspecified atom stereocenters. The van der Waals surface area contributed by atoms with Gasteiger partial charge in [0.25, 0.3) is 0 Å². The second-order valence-electron chi connectivity index (χ2n) is 10.9. The van der Waals surface area contributed by atoms with Gasteiger partial charge in [0.2, 0.25) is 0 Å². The van der Waals surface area contributed by atoms with Crippen LogP contribution in [0.15, 0.2) is 0 Å². The minimum atomic E-state index is -0.398. The van der Waals surface area contributed by atoms with E-state index >= 15 is 0 Å². The Hall–Kier alpha value is -1.10. The molecule has 29 heavy (non-hydrogen) atoms. The molecule has 1 fully saturated rings. The van der Waals surface area contributed by atoms with Crippen molar-refractivity contribution < 1.29 is 19.1 Å². The summed E-state index contributed by atoms with van der Waals surface area (Å²) in [5, 5.41) is 0. The van der Waals surface area contributed by atoms with E-state index in [0.29, 0.717) is 12.8 Å². The quantitative estimate of drug-likeness (QED) is 0.344. The topological polar surface area (TPSA) is 55.8 Å². The molecule has 0 aromatic heterocycles. The first-order valence-electron chi connectivity index (χ1n) is 11.4. The highest BCUT2D eigenvalue weighted by Crippen LogP contribution is 2.38. The highest BCUT2D eigenvalue weighted by atomic mass is 16.6. The van der Waals surface area contributed by atoms with Gasteiger partial charge in [-0.1, -0.05) is 25.7 Å². The second-order valence-corrected chi connectivity index (χ2v) is 10.9. The average Bonchev–Trinajstić information content (AvgIpc) is 2.52. The Morgan fingerprint density at radius 1 is 0.828 bits per heavy atom. The predicted molar refractivity (Wildman–Crippen MR) is 118 cm³/mol. The summed E-state index contributed by atoms with van der Waals surface area (Å²) in [6.45, 7) is 14.6. The van der Waals surface area contributed by atoms with Crippen LogP contribution in [-0.4, -0.2) is 46.7 Å². The van der Waals surface area contributed by atoms with Crippen LogP contribution >= 0.6 is 0 Å². The molecule has 0 atom stereocenters. The normalized spacial score (nSPS) is 19.7. The summed E-state index contributed by atoms with van der Waals surface area (Å²) in [4.78, 5) is 26.3. The van der Waals surface area contributed by atoms with Crippen LogP contribution in [0.2, 0.25) is 0 Å². The lowest BCUT2D eigenvalue weighted by Crippen LogP contribution is -2.60. The van der Waals surface area contributed by atoms with Gasteiger partial charge in [0.1, 0.15) is 11.7 Å². The van der Waals surface area contributed by atoms with Crippen molar-refractivity contribution in [3.63, 3.8) is 0 Å². The maximum atomic E-state index is 12.3. The smallest absolute Gasteiger partial charge is 0.306 e. The first kappa shape index (κ1) is 25.9. The summed E-state index contributed by atoms with van der Waals surface area (Å²) >= 11 is 0. The van der Waals surface area contributed by atoms with Crippen molar-refractivity contribution >= 4 is 11.9 Å². The summed E-state index contributed by atoms with van der Waals surface area (Å²) in [6.07, 6.45) is 8.78. The van der Waals surface area contributed by atoms with Crippen LogP contribution in [0.5, 0.6) is 0 Å². The maximum Gasteiger partial charge on any atom is 0.306 e. The monoisotopic (exact) mass is 411 g/mol. The molecular formula is C24H45NO4. The number of ether oxygens (including phenoxy) is 2. The largest absolute Gasteiger partial charge is 0.462 e. The fraction of sp³-hybridized carbons (Fsp3) is 0.917. The van der Waals surface area contributed by atoms with Gasteiger partial charge in [-0.05, 0) is 68.4 Å². The van der Waals surface area contributed by atoms with Gasteiger partial charge in [-0.3, -0.25) is 14.5 Å². The number of carbonyl (C=O) groups excluding carboxylic acids is 2. The number of piperidine rings is 1. The lowest BCUT2D eigenvalue weighted by molar-refractivity contribution is -0.159. The molecule has 1 aliphatic heterocycles. The zero-order valence-electron chi connectivity index (χ0n) is 20.2. The van der Waals surface area contributed by atoms with Crippen molar-refractivity contribution in [2.75, 3.05) is 7.05 Å². The molecule has 0 aromatic carbocycles. The number of carbonyl (C=O) groups is 2. The third-order valence-electron chi connectivity index (χ3n) is 6.00. The van der Waals surface area contributed by atoms with Crippen molar-refractivity contribution in [3.05, 3.63) is 0 Å². The molecule has 170 valence electrons. The molecule has 0 aliphatic carbocycles. The Morgan fingerprint density at radius 2 is 1.24 bits per heavy atom. The van der Waals surface area contributed by atoms with E-state index in [1.54, 1.807) is 0 Å². The van der Waals surface area contributed by atoms with Crippen LogP contribution in [0, 0.1) is 0 Å². The van der Waals surface area contributed by atoms with Crippen LogP contribution in [0.1, 0.15) is 113 Å². The Labute approximate surface area is 178 Å². The summed E-state index contributed by atoms with van der Waals surface area (Å²) in [6, 6.07) is 0. The molecule has 0 spiro atoms. The summed E-state index contributed by atoms with van der Waals surface area (Å²) < 4.78 is 11.1. The Morgan fingerprint density at radius 3 is 1.69 bits per heavy atom. The van der Waals surface area contributed by atoms with Crippen molar-refractivity contribution in [2.24, 2.45) is 0 Å². The van der Waals surface area contributed by atoms with E-state index in [2.05, 4.69) is 39.6 Å². The van der Waals surface area contributed by atoms with Crippen molar-refractivity contribution in [1.29, 1.82) is 0 Å². The number of hydrogen-bond donors (Lipinski definition) is 0. The molecule has 5 nitrogen and oxygen atoms in total. The molecule has 0 saturated carbocycles. The minimum Gasteiger partial charge on any atom is -0.462 e. The van der Waals surface area contributed by atoms with E-state index in [1.165, 1.54) is 0 Å². The zero-order valence-corrected chi connectivity index (χ0v) is 20.2. The van der Waals surface area contributed by atoms with Crippen molar-refractivity contribution in [3.8, 4) is 0 Å². The predicted octanol–water partition coefficient (Wildman–Crippen LogP) is 5.64. The highest BCUT2D eigenvalue weighted by Gasteiger charge is 2.44.